The highest BCUT2D eigenvalue weighted by atomic mass is 16.5. The summed E-state index contributed by atoms with van der Waals surface area (Å²) in [7, 11) is 1.78. The molecular formula is C11H20N4O2. The lowest BCUT2D eigenvalue weighted by Crippen LogP contribution is -2.44. The van der Waals surface area contributed by atoms with Crippen LogP contribution in [0.2, 0.25) is 0 Å². The van der Waals surface area contributed by atoms with Crippen molar-refractivity contribution in [1.82, 2.24) is 4.90 Å². The maximum atomic E-state index is 8.25. The van der Waals surface area contributed by atoms with Gasteiger partial charge >= 0.3 is 0 Å². The van der Waals surface area contributed by atoms with Crippen molar-refractivity contribution in [3.05, 3.63) is 10.4 Å². The largest absolute Gasteiger partial charge is 0.381 e. The molecule has 0 amide bonds. The number of rotatable bonds is 4. The highest BCUT2D eigenvalue weighted by Crippen LogP contribution is 2.34. The highest BCUT2D eigenvalue weighted by Gasteiger charge is 2.42. The Bertz CT molecular complexity index is 306. The van der Waals surface area contributed by atoms with Gasteiger partial charge in [0, 0.05) is 51.2 Å². The number of ether oxygens (including phenoxy) is 2. The van der Waals surface area contributed by atoms with E-state index in [9.17, 15) is 0 Å². The van der Waals surface area contributed by atoms with E-state index in [1.807, 2.05) is 0 Å². The van der Waals surface area contributed by atoms with Crippen molar-refractivity contribution in [2.75, 3.05) is 39.9 Å². The molecule has 2 heterocycles. The normalized spacial score (nSPS) is 33.8. The average molecular weight is 240 g/mol. The number of azide groups is 1. The lowest BCUT2D eigenvalue weighted by Gasteiger charge is -2.37. The van der Waals surface area contributed by atoms with Gasteiger partial charge in [0.15, 0.2) is 0 Å². The predicted molar refractivity (Wildman–Crippen MR) is 63.8 cm³/mol. The summed E-state index contributed by atoms with van der Waals surface area (Å²) in [4.78, 5) is 5.09. The molecule has 96 valence electrons. The van der Waals surface area contributed by atoms with Gasteiger partial charge in [-0.25, -0.2) is 0 Å². The monoisotopic (exact) mass is 240 g/mol. The van der Waals surface area contributed by atoms with Crippen LogP contribution in [0.25, 0.3) is 10.4 Å². The fourth-order valence-electron chi connectivity index (χ4n) is 2.82. The zero-order valence-electron chi connectivity index (χ0n) is 10.3. The van der Waals surface area contributed by atoms with E-state index >= 15 is 0 Å². The van der Waals surface area contributed by atoms with E-state index in [-0.39, 0.29) is 5.60 Å². The maximum Gasteiger partial charge on any atom is 0.0845 e. The van der Waals surface area contributed by atoms with Gasteiger partial charge < -0.3 is 14.4 Å². The van der Waals surface area contributed by atoms with Crippen molar-refractivity contribution >= 4 is 0 Å². The molecule has 17 heavy (non-hydrogen) atoms. The standard InChI is InChI=1S/C11H20N4O2/c1-16-10-2-7-17-11(8-10)3-5-15(9-11)6-4-13-14-12/h10H,2-9H2,1H3/t10-,11+/m1/s1. The molecule has 1 spiro atoms. The Labute approximate surface area is 101 Å². The number of hydrogen-bond donors (Lipinski definition) is 0. The zero-order valence-corrected chi connectivity index (χ0v) is 10.3. The smallest absolute Gasteiger partial charge is 0.0845 e. The van der Waals surface area contributed by atoms with Gasteiger partial charge in [-0.2, -0.15) is 0 Å². The average Bonchev–Trinajstić information content (AvgIpc) is 2.73. The van der Waals surface area contributed by atoms with Gasteiger partial charge in [-0.1, -0.05) is 5.11 Å². The van der Waals surface area contributed by atoms with Gasteiger partial charge in [0.2, 0.25) is 0 Å². The van der Waals surface area contributed by atoms with Crippen molar-refractivity contribution in [3.63, 3.8) is 0 Å². The van der Waals surface area contributed by atoms with Gasteiger partial charge in [0.1, 0.15) is 0 Å². The van der Waals surface area contributed by atoms with Gasteiger partial charge in [-0.15, -0.1) is 0 Å². The van der Waals surface area contributed by atoms with Crippen molar-refractivity contribution < 1.29 is 9.47 Å². The van der Waals surface area contributed by atoms with Crippen LogP contribution in [0.4, 0.5) is 0 Å². The van der Waals surface area contributed by atoms with Crippen molar-refractivity contribution in [2.24, 2.45) is 5.11 Å². The molecule has 0 aromatic rings. The summed E-state index contributed by atoms with van der Waals surface area (Å²) in [6, 6.07) is 0. The number of hydrogen-bond acceptors (Lipinski definition) is 4. The first-order valence-corrected chi connectivity index (χ1v) is 6.18. The second-order valence-corrected chi connectivity index (χ2v) is 4.86. The van der Waals surface area contributed by atoms with Crippen LogP contribution in [0, 0.1) is 0 Å². The molecule has 0 aliphatic carbocycles. The molecule has 0 aromatic heterocycles. The summed E-state index contributed by atoms with van der Waals surface area (Å²) in [5.74, 6) is 0. The van der Waals surface area contributed by atoms with Gasteiger partial charge in [-0.05, 0) is 18.4 Å². The van der Waals surface area contributed by atoms with Crippen LogP contribution in [0.1, 0.15) is 19.3 Å². The Hall–Kier alpha value is -0.810. The van der Waals surface area contributed by atoms with Crippen LogP contribution >= 0.6 is 0 Å². The van der Waals surface area contributed by atoms with Crippen molar-refractivity contribution in [2.45, 2.75) is 31.0 Å². The quantitative estimate of drug-likeness (QED) is 0.425. The molecule has 2 rings (SSSR count). The van der Waals surface area contributed by atoms with E-state index in [1.54, 1.807) is 7.11 Å². The van der Waals surface area contributed by atoms with E-state index in [1.165, 1.54) is 0 Å². The first-order chi connectivity index (χ1) is 8.28. The molecule has 0 unspecified atom stereocenters. The Morgan fingerprint density at radius 2 is 2.53 bits per heavy atom. The zero-order chi connectivity index (χ0) is 12.1. The van der Waals surface area contributed by atoms with E-state index in [0.29, 0.717) is 12.6 Å². The second-order valence-electron chi connectivity index (χ2n) is 4.86. The molecule has 0 radical (unpaired) electrons. The SMILES string of the molecule is CO[C@@H]1CCO[C@@]2(CCN(CCN=[N+]=[N-])C2)C1. The third-order valence-electron chi connectivity index (χ3n) is 3.76. The molecule has 2 fully saturated rings. The van der Waals surface area contributed by atoms with Crippen LogP contribution in [-0.4, -0.2) is 56.5 Å². The van der Waals surface area contributed by atoms with E-state index in [2.05, 4.69) is 14.9 Å². The molecule has 0 bridgehead atoms. The number of nitrogens with zero attached hydrogens (tertiary/aromatic N) is 4. The number of likely N-dealkylation sites (tertiary alicyclic amines) is 1. The predicted octanol–water partition coefficient (Wildman–Crippen LogP) is 1.57. The Kier molecular flexibility index (Phi) is 4.23. The van der Waals surface area contributed by atoms with E-state index in [4.69, 9.17) is 15.0 Å². The molecule has 0 aromatic carbocycles. The molecule has 2 aliphatic rings. The van der Waals surface area contributed by atoms with Crippen molar-refractivity contribution in [1.29, 1.82) is 0 Å². The summed E-state index contributed by atoms with van der Waals surface area (Å²) in [5.41, 5.74) is 8.23. The first kappa shape index (κ1) is 12.6. The lowest BCUT2D eigenvalue weighted by atomic mass is 9.91. The van der Waals surface area contributed by atoms with Crippen LogP contribution in [0.5, 0.6) is 0 Å². The summed E-state index contributed by atoms with van der Waals surface area (Å²) in [6.45, 7) is 4.13. The fraction of sp³-hybridized carbons (Fsp3) is 1.00. The van der Waals surface area contributed by atoms with Crippen molar-refractivity contribution in [3.8, 4) is 0 Å². The van der Waals surface area contributed by atoms with Crippen LogP contribution in [-0.2, 0) is 9.47 Å². The Morgan fingerprint density at radius 1 is 1.65 bits per heavy atom. The minimum Gasteiger partial charge on any atom is -0.381 e. The Morgan fingerprint density at radius 3 is 3.29 bits per heavy atom. The molecule has 2 aliphatic heterocycles. The molecule has 6 heteroatoms. The van der Waals surface area contributed by atoms with E-state index in [0.717, 1.165) is 45.5 Å². The molecule has 6 nitrogen and oxygen atoms in total. The van der Waals surface area contributed by atoms with E-state index < -0.39 is 0 Å². The van der Waals surface area contributed by atoms with Crippen LogP contribution < -0.4 is 0 Å². The van der Waals surface area contributed by atoms with Gasteiger partial charge in [0.05, 0.1) is 11.7 Å². The summed E-state index contributed by atoms with van der Waals surface area (Å²) < 4.78 is 11.4. The molecule has 0 N–H and O–H groups in total. The third kappa shape index (κ3) is 3.10. The first-order valence-electron chi connectivity index (χ1n) is 6.18. The maximum absolute atomic E-state index is 8.25. The third-order valence-corrected chi connectivity index (χ3v) is 3.76. The fourth-order valence-corrected chi connectivity index (χ4v) is 2.82. The summed E-state index contributed by atoms with van der Waals surface area (Å²) >= 11 is 0. The molecule has 2 saturated heterocycles. The van der Waals surface area contributed by atoms with Crippen LogP contribution in [0.3, 0.4) is 0 Å². The topological polar surface area (TPSA) is 70.5 Å². The lowest BCUT2D eigenvalue weighted by molar-refractivity contribution is -0.119. The van der Waals surface area contributed by atoms with Crippen LogP contribution in [0.15, 0.2) is 5.11 Å². The van der Waals surface area contributed by atoms with Gasteiger partial charge in [0.25, 0.3) is 0 Å². The minimum absolute atomic E-state index is 0.0186. The summed E-state index contributed by atoms with van der Waals surface area (Å²) in [6.07, 6.45) is 3.38. The highest BCUT2D eigenvalue weighted by molar-refractivity contribution is 4.96. The minimum atomic E-state index is -0.0186. The summed E-state index contributed by atoms with van der Waals surface area (Å²) in [5, 5.41) is 3.57. The van der Waals surface area contributed by atoms with Gasteiger partial charge in [-0.3, -0.25) is 0 Å². The molecule has 0 saturated carbocycles. The number of methoxy groups -OCH3 is 1. The molecular weight excluding hydrogens is 220 g/mol. The molecule has 2 atom stereocenters. The second kappa shape index (κ2) is 5.69. The Balaban J connectivity index is 1.84.